The minimum absolute atomic E-state index is 0.00468. The lowest BCUT2D eigenvalue weighted by atomic mass is 9.97. The Balaban J connectivity index is 1.96. The molecule has 36 heavy (non-hydrogen) atoms. The number of ether oxygens (including phenoxy) is 2. The van der Waals surface area contributed by atoms with Crippen molar-refractivity contribution >= 4 is 21.6 Å². The summed E-state index contributed by atoms with van der Waals surface area (Å²) in [6.45, 7) is 7.56. The average molecular weight is 511 g/mol. The van der Waals surface area contributed by atoms with Crippen molar-refractivity contribution in [3.05, 3.63) is 82.9 Å². The molecule has 1 unspecified atom stereocenters. The maximum Gasteiger partial charge on any atom is 0.264 e. The van der Waals surface area contributed by atoms with Crippen molar-refractivity contribution in [2.75, 3.05) is 25.1 Å². The second-order valence-electron chi connectivity index (χ2n) is 8.75. The van der Waals surface area contributed by atoms with Gasteiger partial charge in [-0.3, -0.25) is 9.10 Å². The number of nitrogens with zero attached hydrogens (tertiary/aromatic N) is 1. The zero-order valence-electron chi connectivity index (χ0n) is 21.7. The Labute approximate surface area is 214 Å². The number of anilines is 1. The summed E-state index contributed by atoms with van der Waals surface area (Å²) in [6, 6.07) is 17.3. The largest absolute Gasteiger partial charge is 0.493 e. The van der Waals surface area contributed by atoms with E-state index in [-0.39, 0.29) is 23.2 Å². The van der Waals surface area contributed by atoms with Crippen LogP contribution in [-0.4, -0.2) is 35.1 Å². The van der Waals surface area contributed by atoms with Crippen LogP contribution in [0.1, 0.15) is 41.6 Å². The second kappa shape index (κ2) is 11.5. The van der Waals surface area contributed by atoms with Crippen molar-refractivity contribution in [1.82, 2.24) is 5.32 Å². The van der Waals surface area contributed by atoms with Gasteiger partial charge in [0.1, 0.15) is 6.54 Å². The summed E-state index contributed by atoms with van der Waals surface area (Å²) in [5, 5.41) is 3.03. The van der Waals surface area contributed by atoms with Crippen LogP contribution in [0, 0.1) is 20.8 Å². The lowest BCUT2D eigenvalue weighted by Gasteiger charge is -2.26. The van der Waals surface area contributed by atoms with Gasteiger partial charge in [-0.05, 0) is 62.6 Å². The maximum absolute atomic E-state index is 13.8. The van der Waals surface area contributed by atoms with E-state index in [1.165, 1.54) is 32.4 Å². The highest BCUT2D eigenvalue weighted by Crippen LogP contribution is 2.32. The Morgan fingerprint density at radius 2 is 1.53 bits per heavy atom. The predicted molar refractivity (Wildman–Crippen MR) is 142 cm³/mol. The number of carbonyl (C=O) groups excluding carboxylic acids is 1. The predicted octanol–water partition coefficient (Wildman–Crippen LogP) is 5.09. The smallest absolute Gasteiger partial charge is 0.264 e. The van der Waals surface area contributed by atoms with Gasteiger partial charge < -0.3 is 14.8 Å². The Bertz CT molecular complexity index is 1320. The molecule has 0 bridgehead atoms. The lowest BCUT2D eigenvalue weighted by molar-refractivity contribution is -0.120. The number of nitrogens with one attached hydrogen (secondary N) is 1. The molecule has 0 aromatic heterocycles. The number of benzene rings is 3. The summed E-state index contributed by atoms with van der Waals surface area (Å²) >= 11 is 0. The quantitative estimate of drug-likeness (QED) is 0.411. The van der Waals surface area contributed by atoms with Gasteiger partial charge in [-0.25, -0.2) is 8.42 Å². The Morgan fingerprint density at radius 1 is 0.889 bits per heavy atom. The number of sulfonamides is 1. The number of methoxy groups -OCH3 is 2. The Morgan fingerprint density at radius 3 is 2.11 bits per heavy atom. The van der Waals surface area contributed by atoms with Gasteiger partial charge in [-0.1, -0.05) is 48.4 Å². The second-order valence-corrected chi connectivity index (χ2v) is 10.6. The van der Waals surface area contributed by atoms with Crippen LogP contribution in [0.15, 0.2) is 65.6 Å². The number of amides is 1. The van der Waals surface area contributed by atoms with E-state index < -0.39 is 15.9 Å². The molecule has 0 saturated carbocycles. The molecule has 7 nitrogen and oxygen atoms in total. The van der Waals surface area contributed by atoms with Crippen molar-refractivity contribution < 1.29 is 22.7 Å². The summed E-state index contributed by atoms with van der Waals surface area (Å²) in [6.07, 6.45) is 0.669. The monoisotopic (exact) mass is 510 g/mol. The van der Waals surface area contributed by atoms with E-state index in [0.717, 1.165) is 26.6 Å². The molecule has 3 aromatic carbocycles. The van der Waals surface area contributed by atoms with Crippen molar-refractivity contribution in [1.29, 1.82) is 0 Å². The number of aryl methyl sites for hydroxylation is 3. The van der Waals surface area contributed by atoms with Crippen LogP contribution in [0.5, 0.6) is 11.5 Å². The first kappa shape index (κ1) is 27.1. The molecule has 0 saturated heterocycles. The first-order valence-corrected chi connectivity index (χ1v) is 13.2. The van der Waals surface area contributed by atoms with Crippen molar-refractivity contribution in [2.45, 2.75) is 45.1 Å². The number of carbonyl (C=O) groups is 1. The fourth-order valence-electron chi connectivity index (χ4n) is 4.12. The van der Waals surface area contributed by atoms with Gasteiger partial charge in [-0.15, -0.1) is 0 Å². The van der Waals surface area contributed by atoms with Crippen molar-refractivity contribution in [2.24, 2.45) is 0 Å². The molecular formula is C28H34N2O5S. The van der Waals surface area contributed by atoms with Crippen LogP contribution in [0.3, 0.4) is 0 Å². The minimum atomic E-state index is -4.10. The Hall–Kier alpha value is -3.52. The van der Waals surface area contributed by atoms with Crippen LogP contribution in [0.2, 0.25) is 0 Å². The molecule has 1 atom stereocenters. The van der Waals surface area contributed by atoms with Crippen molar-refractivity contribution in [3.63, 3.8) is 0 Å². The lowest BCUT2D eigenvalue weighted by Crippen LogP contribution is -2.42. The van der Waals surface area contributed by atoms with E-state index in [1.807, 2.05) is 52.0 Å². The van der Waals surface area contributed by atoms with Gasteiger partial charge in [0, 0.05) is 6.07 Å². The molecule has 1 amide bonds. The highest BCUT2D eigenvalue weighted by atomic mass is 32.2. The third-order valence-electron chi connectivity index (χ3n) is 6.10. The summed E-state index contributed by atoms with van der Waals surface area (Å²) < 4.78 is 39.2. The standard InChI is InChI=1S/C28H34N2O5S/c1-7-25(24-14-10-20(3)16-21(24)4)29-28(31)18-30(22-11-8-19(2)9-12-22)36(32,33)23-13-15-26(34-5)27(17-23)35-6/h8-17,25H,7,18H2,1-6H3,(H,29,31). The molecule has 1 N–H and O–H groups in total. The zero-order valence-corrected chi connectivity index (χ0v) is 22.5. The SMILES string of the molecule is CCC(NC(=O)CN(c1ccc(C)cc1)S(=O)(=O)c1ccc(OC)c(OC)c1)c1ccc(C)cc1C. The van der Waals surface area contributed by atoms with Crippen molar-refractivity contribution in [3.8, 4) is 11.5 Å². The van der Waals surface area contributed by atoms with Gasteiger partial charge in [0.25, 0.3) is 10.0 Å². The number of rotatable bonds is 10. The molecule has 0 fully saturated rings. The molecule has 0 heterocycles. The summed E-state index contributed by atoms with van der Waals surface area (Å²) in [7, 11) is -1.18. The number of hydrogen-bond donors (Lipinski definition) is 1. The third-order valence-corrected chi connectivity index (χ3v) is 7.87. The normalized spacial score (nSPS) is 12.1. The average Bonchev–Trinajstić information content (AvgIpc) is 2.86. The molecule has 0 spiro atoms. The molecule has 0 radical (unpaired) electrons. The van der Waals surface area contributed by atoms with Gasteiger partial charge >= 0.3 is 0 Å². The fraction of sp³-hybridized carbons (Fsp3) is 0.321. The van der Waals surface area contributed by atoms with E-state index in [1.54, 1.807) is 12.1 Å². The molecule has 192 valence electrons. The van der Waals surface area contributed by atoms with Gasteiger partial charge in [0.15, 0.2) is 11.5 Å². The van der Waals surface area contributed by atoms with E-state index in [2.05, 4.69) is 11.4 Å². The zero-order chi connectivity index (χ0) is 26.5. The molecule has 0 aliphatic heterocycles. The van der Waals surface area contributed by atoms with Gasteiger partial charge in [0.2, 0.25) is 5.91 Å². The third kappa shape index (κ3) is 5.99. The highest BCUT2D eigenvalue weighted by Gasteiger charge is 2.29. The van der Waals surface area contributed by atoms with E-state index >= 15 is 0 Å². The fourth-order valence-corrected chi connectivity index (χ4v) is 5.55. The molecule has 3 rings (SSSR count). The van der Waals surface area contributed by atoms with Gasteiger partial charge in [-0.2, -0.15) is 0 Å². The van der Waals surface area contributed by atoms with Crippen LogP contribution >= 0.6 is 0 Å². The van der Waals surface area contributed by atoms with Crippen LogP contribution in [0.25, 0.3) is 0 Å². The maximum atomic E-state index is 13.8. The number of hydrogen-bond acceptors (Lipinski definition) is 5. The summed E-state index contributed by atoms with van der Waals surface area (Å²) in [4.78, 5) is 13.2. The Kier molecular flexibility index (Phi) is 8.63. The summed E-state index contributed by atoms with van der Waals surface area (Å²) in [5.74, 6) is 0.301. The molecule has 0 aliphatic carbocycles. The summed E-state index contributed by atoms with van der Waals surface area (Å²) in [5.41, 5.74) is 4.61. The molecular weight excluding hydrogens is 476 g/mol. The first-order valence-electron chi connectivity index (χ1n) is 11.8. The topological polar surface area (TPSA) is 84.9 Å². The highest BCUT2D eigenvalue weighted by molar-refractivity contribution is 7.92. The molecule has 8 heteroatoms. The minimum Gasteiger partial charge on any atom is -0.493 e. The van der Waals surface area contributed by atoms with Crippen LogP contribution in [-0.2, 0) is 14.8 Å². The molecule has 3 aromatic rings. The first-order chi connectivity index (χ1) is 17.1. The van der Waals surface area contributed by atoms with E-state index in [0.29, 0.717) is 17.9 Å². The molecule has 0 aliphatic rings. The van der Waals surface area contributed by atoms with E-state index in [4.69, 9.17) is 9.47 Å². The van der Waals surface area contributed by atoms with Crippen LogP contribution < -0.4 is 19.1 Å². The van der Waals surface area contributed by atoms with Gasteiger partial charge in [0.05, 0.1) is 30.8 Å². The van der Waals surface area contributed by atoms with E-state index in [9.17, 15) is 13.2 Å². The van der Waals surface area contributed by atoms with Crippen LogP contribution in [0.4, 0.5) is 5.69 Å².